The first-order chi connectivity index (χ1) is 7.44. The maximum Gasteiger partial charge on any atom is 0.123 e. The molecule has 0 saturated carbocycles. The smallest absolute Gasteiger partial charge is 0.123 e. The summed E-state index contributed by atoms with van der Waals surface area (Å²) in [5, 5.41) is 12.9. The molecule has 0 heterocycles. The Morgan fingerprint density at radius 2 is 2.00 bits per heavy atom. The Labute approximate surface area is 97.4 Å². The summed E-state index contributed by atoms with van der Waals surface area (Å²) < 4.78 is 5.30. The van der Waals surface area contributed by atoms with E-state index < -0.39 is 5.60 Å². The van der Waals surface area contributed by atoms with Gasteiger partial charge in [0.2, 0.25) is 0 Å². The molecule has 3 heteroatoms. The Morgan fingerprint density at radius 1 is 1.38 bits per heavy atom. The van der Waals surface area contributed by atoms with E-state index in [2.05, 4.69) is 12.2 Å². The normalized spacial score (nSPS) is 13.6. The first kappa shape index (κ1) is 13.0. The maximum atomic E-state index is 9.65. The number of aliphatic hydroxyl groups is 1. The van der Waals surface area contributed by atoms with Crippen molar-refractivity contribution < 1.29 is 9.84 Å². The average molecular weight is 223 g/mol. The Kier molecular flexibility index (Phi) is 4.33. The van der Waals surface area contributed by atoms with E-state index in [1.807, 2.05) is 24.3 Å². The van der Waals surface area contributed by atoms with E-state index in [0.29, 0.717) is 6.54 Å². The standard InChI is InChI=1S/C13H21NO2/c1-10(14-9-13(2,3)15)11-7-5-6-8-12(11)16-4/h5-8,10,14-15H,9H2,1-4H3/t10-/m0/s1. The SMILES string of the molecule is COc1ccccc1[C@H](C)NCC(C)(C)O. The summed E-state index contributed by atoms with van der Waals surface area (Å²) in [5.41, 5.74) is 0.408. The highest BCUT2D eigenvalue weighted by molar-refractivity contribution is 5.35. The predicted molar refractivity (Wildman–Crippen MR) is 65.7 cm³/mol. The molecule has 0 fully saturated rings. The highest BCUT2D eigenvalue weighted by atomic mass is 16.5. The lowest BCUT2D eigenvalue weighted by Gasteiger charge is -2.23. The number of rotatable bonds is 5. The van der Waals surface area contributed by atoms with E-state index in [1.54, 1.807) is 21.0 Å². The number of nitrogens with one attached hydrogen (secondary N) is 1. The number of methoxy groups -OCH3 is 1. The Hall–Kier alpha value is -1.06. The van der Waals surface area contributed by atoms with Gasteiger partial charge in [-0.1, -0.05) is 18.2 Å². The second-order valence-corrected chi connectivity index (χ2v) is 4.66. The zero-order valence-electron chi connectivity index (χ0n) is 10.4. The van der Waals surface area contributed by atoms with Crippen molar-refractivity contribution in [2.24, 2.45) is 0 Å². The topological polar surface area (TPSA) is 41.5 Å². The van der Waals surface area contributed by atoms with Crippen molar-refractivity contribution in [3.63, 3.8) is 0 Å². The van der Waals surface area contributed by atoms with Gasteiger partial charge >= 0.3 is 0 Å². The van der Waals surface area contributed by atoms with Gasteiger partial charge in [0.15, 0.2) is 0 Å². The molecule has 16 heavy (non-hydrogen) atoms. The number of benzene rings is 1. The lowest BCUT2D eigenvalue weighted by molar-refractivity contribution is 0.0769. The minimum atomic E-state index is -0.698. The van der Waals surface area contributed by atoms with Crippen molar-refractivity contribution in [2.75, 3.05) is 13.7 Å². The summed E-state index contributed by atoms with van der Waals surface area (Å²) in [4.78, 5) is 0. The summed E-state index contributed by atoms with van der Waals surface area (Å²) in [5.74, 6) is 0.873. The molecule has 0 unspecified atom stereocenters. The van der Waals surface area contributed by atoms with Crippen LogP contribution in [0.5, 0.6) is 5.75 Å². The van der Waals surface area contributed by atoms with E-state index in [-0.39, 0.29) is 6.04 Å². The van der Waals surface area contributed by atoms with Gasteiger partial charge in [-0.15, -0.1) is 0 Å². The summed E-state index contributed by atoms with van der Waals surface area (Å²) >= 11 is 0. The molecule has 1 aromatic rings. The van der Waals surface area contributed by atoms with Crippen LogP contribution in [0.3, 0.4) is 0 Å². The van der Waals surface area contributed by atoms with E-state index >= 15 is 0 Å². The van der Waals surface area contributed by atoms with Crippen molar-refractivity contribution in [3.05, 3.63) is 29.8 Å². The van der Waals surface area contributed by atoms with Crippen LogP contribution < -0.4 is 10.1 Å². The third-order valence-electron chi connectivity index (χ3n) is 2.45. The first-order valence-electron chi connectivity index (χ1n) is 5.53. The van der Waals surface area contributed by atoms with Gasteiger partial charge in [-0.25, -0.2) is 0 Å². The lowest BCUT2D eigenvalue weighted by atomic mass is 10.1. The summed E-state index contributed by atoms with van der Waals surface area (Å²) in [6.45, 7) is 6.18. The molecule has 0 saturated heterocycles. The van der Waals surface area contributed by atoms with E-state index in [9.17, 15) is 5.11 Å². The lowest BCUT2D eigenvalue weighted by Crippen LogP contribution is -2.36. The van der Waals surface area contributed by atoms with E-state index in [4.69, 9.17) is 4.74 Å². The van der Waals surface area contributed by atoms with Gasteiger partial charge in [0.25, 0.3) is 0 Å². The second kappa shape index (κ2) is 5.32. The van der Waals surface area contributed by atoms with Gasteiger partial charge in [-0.05, 0) is 26.8 Å². The molecule has 0 bridgehead atoms. The molecule has 0 aliphatic carbocycles. The van der Waals surface area contributed by atoms with Gasteiger partial charge in [0.05, 0.1) is 12.7 Å². The third kappa shape index (κ3) is 3.83. The second-order valence-electron chi connectivity index (χ2n) is 4.66. The number of hydrogen-bond donors (Lipinski definition) is 2. The Bertz CT molecular complexity index is 331. The van der Waals surface area contributed by atoms with Gasteiger partial charge in [0, 0.05) is 18.2 Å². The molecule has 0 spiro atoms. The fourth-order valence-electron chi connectivity index (χ4n) is 1.54. The molecule has 3 nitrogen and oxygen atoms in total. The monoisotopic (exact) mass is 223 g/mol. The van der Waals surface area contributed by atoms with Crippen LogP contribution in [0, 0.1) is 0 Å². The fraction of sp³-hybridized carbons (Fsp3) is 0.538. The Morgan fingerprint density at radius 3 is 2.56 bits per heavy atom. The zero-order chi connectivity index (χ0) is 12.2. The summed E-state index contributed by atoms with van der Waals surface area (Å²) in [7, 11) is 1.67. The van der Waals surface area contributed by atoms with Crippen molar-refractivity contribution in [3.8, 4) is 5.75 Å². The van der Waals surface area contributed by atoms with Crippen LogP contribution in [0.4, 0.5) is 0 Å². The van der Waals surface area contributed by atoms with Crippen LogP contribution in [-0.2, 0) is 0 Å². The molecular weight excluding hydrogens is 202 g/mol. The quantitative estimate of drug-likeness (QED) is 0.803. The number of ether oxygens (including phenoxy) is 1. The van der Waals surface area contributed by atoms with Crippen LogP contribution in [0.25, 0.3) is 0 Å². The molecule has 0 radical (unpaired) electrons. The molecule has 0 aliphatic heterocycles. The summed E-state index contributed by atoms with van der Waals surface area (Å²) in [6.07, 6.45) is 0. The van der Waals surface area contributed by atoms with Crippen molar-refractivity contribution >= 4 is 0 Å². The maximum absolute atomic E-state index is 9.65. The largest absolute Gasteiger partial charge is 0.496 e. The first-order valence-corrected chi connectivity index (χ1v) is 5.53. The fourth-order valence-corrected chi connectivity index (χ4v) is 1.54. The van der Waals surface area contributed by atoms with Crippen LogP contribution in [-0.4, -0.2) is 24.4 Å². The van der Waals surface area contributed by atoms with Crippen LogP contribution in [0.15, 0.2) is 24.3 Å². The summed E-state index contributed by atoms with van der Waals surface area (Å²) in [6, 6.07) is 8.06. The molecule has 1 aromatic carbocycles. The van der Waals surface area contributed by atoms with Crippen molar-refractivity contribution in [1.29, 1.82) is 0 Å². The number of hydrogen-bond acceptors (Lipinski definition) is 3. The van der Waals surface area contributed by atoms with Crippen LogP contribution in [0.2, 0.25) is 0 Å². The zero-order valence-corrected chi connectivity index (χ0v) is 10.4. The molecule has 90 valence electrons. The molecule has 1 atom stereocenters. The van der Waals surface area contributed by atoms with Gasteiger partial charge in [-0.2, -0.15) is 0 Å². The average Bonchev–Trinajstić information content (AvgIpc) is 2.25. The Balaban J connectivity index is 2.69. The van der Waals surface area contributed by atoms with Gasteiger partial charge in [0.1, 0.15) is 5.75 Å². The van der Waals surface area contributed by atoms with Crippen LogP contribution >= 0.6 is 0 Å². The van der Waals surface area contributed by atoms with Crippen molar-refractivity contribution in [1.82, 2.24) is 5.32 Å². The molecule has 0 amide bonds. The predicted octanol–water partition coefficient (Wildman–Crippen LogP) is 2.12. The molecule has 0 aliphatic rings. The minimum Gasteiger partial charge on any atom is -0.496 e. The van der Waals surface area contributed by atoms with E-state index in [1.165, 1.54) is 0 Å². The number of para-hydroxylation sites is 1. The highest BCUT2D eigenvalue weighted by Gasteiger charge is 2.16. The van der Waals surface area contributed by atoms with Gasteiger partial charge in [-0.3, -0.25) is 0 Å². The molecule has 1 rings (SSSR count). The third-order valence-corrected chi connectivity index (χ3v) is 2.45. The van der Waals surface area contributed by atoms with Crippen molar-refractivity contribution in [2.45, 2.75) is 32.4 Å². The van der Waals surface area contributed by atoms with Gasteiger partial charge < -0.3 is 15.2 Å². The molecule has 2 N–H and O–H groups in total. The molecular formula is C13H21NO2. The van der Waals surface area contributed by atoms with E-state index in [0.717, 1.165) is 11.3 Å². The van der Waals surface area contributed by atoms with Crippen LogP contribution in [0.1, 0.15) is 32.4 Å². The highest BCUT2D eigenvalue weighted by Crippen LogP contribution is 2.24. The molecule has 0 aromatic heterocycles. The minimum absolute atomic E-state index is 0.155.